The first-order valence-electron chi connectivity index (χ1n) is 6.06. The Hall–Kier alpha value is -1.55. The van der Waals surface area contributed by atoms with E-state index in [-0.39, 0.29) is 12.0 Å². The number of carbonyl (C=O) groups is 1. The zero-order chi connectivity index (χ0) is 13.7. The molecule has 1 rings (SSSR count). The van der Waals surface area contributed by atoms with Crippen LogP contribution in [-0.2, 0) is 4.79 Å². The standard InChI is InChI=1S/C14H21NO3/c1-9(2)7-12(15)11-5-6-13(18-10(3)16)14(8-11)17-4/h5-6,8-9,12H,7,15H2,1-4H3/t12-/m1/s1. The van der Waals surface area contributed by atoms with Crippen LogP contribution in [0.15, 0.2) is 18.2 Å². The molecule has 0 amide bonds. The largest absolute Gasteiger partial charge is 0.493 e. The monoisotopic (exact) mass is 251 g/mol. The molecular weight excluding hydrogens is 230 g/mol. The highest BCUT2D eigenvalue weighted by atomic mass is 16.6. The van der Waals surface area contributed by atoms with Gasteiger partial charge in [-0.1, -0.05) is 19.9 Å². The summed E-state index contributed by atoms with van der Waals surface area (Å²) in [4.78, 5) is 10.9. The van der Waals surface area contributed by atoms with Gasteiger partial charge in [0.05, 0.1) is 7.11 Å². The second-order valence-electron chi connectivity index (χ2n) is 4.74. The van der Waals surface area contributed by atoms with Crippen molar-refractivity contribution >= 4 is 5.97 Å². The summed E-state index contributed by atoms with van der Waals surface area (Å²) in [6.07, 6.45) is 0.899. The fourth-order valence-corrected chi connectivity index (χ4v) is 1.80. The third-order valence-corrected chi connectivity index (χ3v) is 2.59. The Morgan fingerprint density at radius 1 is 1.33 bits per heavy atom. The molecule has 1 atom stereocenters. The first-order valence-corrected chi connectivity index (χ1v) is 6.06. The van der Waals surface area contributed by atoms with Gasteiger partial charge in [-0.25, -0.2) is 0 Å². The minimum atomic E-state index is -0.368. The van der Waals surface area contributed by atoms with E-state index in [9.17, 15) is 4.79 Å². The predicted molar refractivity (Wildman–Crippen MR) is 70.7 cm³/mol. The van der Waals surface area contributed by atoms with Crippen molar-refractivity contribution in [2.24, 2.45) is 11.7 Å². The Bertz CT molecular complexity index is 416. The summed E-state index contributed by atoms with van der Waals surface area (Å²) in [6.45, 7) is 5.62. The molecule has 2 N–H and O–H groups in total. The maximum Gasteiger partial charge on any atom is 0.308 e. The van der Waals surface area contributed by atoms with E-state index in [2.05, 4.69) is 13.8 Å². The second-order valence-corrected chi connectivity index (χ2v) is 4.74. The Balaban J connectivity index is 2.94. The molecule has 0 aliphatic carbocycles. The highest BCUT2D eigenvalue weighted by Crippen LogP contribution is 2.31. The van der Waals surface area contributed by atoms with E-state index in [0.29, 0.717) is 17.4 Å². The molecule has 0 spiro atoms. The SMILES string of the molecule is COc1cc([C@H](N)CC(C)C)ccc1OC(C)=O. The van der Waals surface area contributed by atoms with Crippen LogP contribution in [0.5, 0.6) is 11.5 Å². The summed E-state index contributed by atoms with van der Waals surface area (Å²) in [6, 6.07) is 5.37. The molecule has 0 saturated carbocycles. The van der Waals surface area contributed by atoms with Crippen molar-refractivity contribution in [2.45, 2.75) is 33.2 Å². The van der Waals surface area contributed by atoms with Crippen molar-refractivity contribution in [3.8, 4) is 11.5 Å². The normalized spacial score (nSPS) is 12.3. The minimum absolute atomic E-state index is 0.0368. The van der Waals surface area contributed by atoms with Crippen molar-refractivity contribution in [3.05, 3.63) is 23.8 Å². The van der Waals surface area contributed by atoms with Gasteiger partial charge in [-0.05, 0) is 30.0 Å². The molecule has 1 aromatic rings. The summed E-state index contributed by atoms with van der Waals surface area (Å²) >= 11 is 0. The van der Waals surface area contributed by atoms with E-state index >= 15 is 0 Å². The predicted octanol–water partition coefficient (Wildman–Crippen LogP) is 2.67. The highest BCUT2D eigenvalue weighted by molar-refractivity contribution is 5.70. The number of esters is 1. The third-order valence-electron chi connectivity index (χ3n) is 2.59. The van der Waals surface area contributed by atoms with Crippen LogP contribution in [0.1, 0.15) is 38.8 Å². The van der Waals surface area contributed by atoms with Gasteiger partial charge in [-0.3, -0.25) is 4.79 Å². The fourth-order valence-electron chi connectivity index (χ4n) is 1.80. The molecule has 0 fully saturated rings. The van der Waals surface area contributed by atoms with Crippen molar-refractivity contribution in [1.82, 2.24) is 0 Å². The van der Waals surface area contributed by atoms with Gasteiger partial charge in [0.2, 0.25) is 0 Å². The van der Waals surface area contributed by atoms with Gasteiger partial charge in [0.1, 0.15) is 0 Å². The van der Waals surface area contributed by atoms with Crippen molar-refractivity contribution in [3.63, 3.8) is 0 Å². The van der Waals surface area contributed by atoms with E-state index in [1.165, 1.54) is 6.92 Å². The summed E-state index contributed by atoms with van der Waals surface area (Å²) < 4.78 is 10.3. The number of rotatable bonds is 5. The second kappa shape index (κ2) is 6.40. The van der Waals surface area contributed by atoms with Crippen LogP contribution in [0.25, 0.3) is 0 Å². The van der Waals surface area contributed by atoms with Gasteiger partial charge in [0.15, 0.2) is 11.5 Å². The third kappa shape index (κ3) is 4.04. The average molecular weight is 251 g/mol. The van der Waals surface area contributed by atoms with Crippen molar-refractivity contribution in [1.29, 1.82) is 0 Å². The van der Waals surface area contributed by atoms with Crippen LogP contribution in [0.3, 0.4) is 0 Å². The van der Waals surface area contributed by atoms with Gasteiger partial charge in [0.25, 0.3) is 0 Å². The molecule has 18 heavy (non-hydrogen) atoms. The zero-order valence-corrected chi connectivity index (χ0v) is 11.4. The fraction of sp³-hybridized carbons (Fsp3) is 0.500. The van der Waals surface area contributed by atoms with Gasteiger partial charge >= 0.3 is 5.97 Å². The van der Waals surface area contributed by atoms with Gasteiger partial charge in [-0.15, -0.1) is 0 Å². The zero-order valence-electron chi connectivity index (χ0n) is 11.4. The minimum Gasteiger partial charge on any atom is -0.493 e. The topological polar surface area (TPSA) is 61.6 Å². The molecule has 0 aliphatic rings. The van der Waals surface area contributed by atoms with Crippen LogP contribution in [-0.4, -0.2) is 13.1 Å². The average Bonchev–Trinajstić information content (AvgIpc) is 2.27. The Morgan fingerprint density at radius 2 is 2.00 bits per heavy atom. The molecular formula is C14H21NO3. The lowest BCUT2D eigenvalue weighted by atomic mass is 9.97. The molecule has 0 bridgehead atoms. The Labute approximate surface area is 108 Å². The molecule has 1 aromatic carbocycles. The first kappa shape index (κ1) is 14.5. The van der Waals surface area contributed by atoms with E-state index in [1.807, 2.05) is 12.1 Å². The number of hydrogen-bond acceptors (Lipinski definition) is 4. The lowest BCUT2D eigenvalue weighted by molar-refractivity contribution is -0.132. The molecule has 0 radical (unpaired) electrons. The molecule has 100 valence electrons. The van der Waals surface area contributed by atoms with Gasteiger partial charge < -0.3 is 15.2 Å². The maximum atomic E-state index is 10.9. The van der Waals surface area contributed by atoms with Crippen molar-refractivity contribution < 1.29 is 14.3 Å². The van der Waals surface area contributed by atoms with E-state index in [1.54, 1.807) is 13.2 Å². The lowest BCUT2D eigenvalue weighted by Crippen LogP contribution is -2.13. The highest BCUT2D eigenvalue weighted by Gasteiger charge is 2.13. The van der Waals surface area contributed by atoms with Crippen LogP contribution in [0, 0.1) is 5.92 Å². The van der Waals surface area contributed by atoms with Crippen molar-refractivity contribution in [2.75, 3.05) is 7.11 Å². The van der Waals surface area contributed by atoms with Crippen LogP contribution < -0.4 is 15.2 Å². The molecule has 0 aromatic heterocycles. The molecule has 0 aliphatic heterocycles. The number of methoxy groups -OCH3 is 1. The van der Waals surface area contributed by atoms with E-state index in [4.69, 9.17) is 15.2 Å². The number of ether oxygens (including phenoxy) is 2. The molecule has 0 unspecified atom stereocenters. The van der Waals surface area contributed by atoms with Crippen LogP contribution >= 0.6 is 0 Å². The Kier molecular flexibility index (Phi) is 5.16. The summed E-state index contributed by atoms with van der Waals surface area (Å²) in [5.41, 5.74) is 7.09. The van der Waals surface area contributed by atoms with E-state index in [0.717, 1.165) is 12.0 Å². The quantitative estimate of drug-likeness (QED) is 0.645. The van der Waals surface area contributed by atoms with E-state index < -0.39 is 0 Å². The number of hydrogen-bond donors (Lipinski definition) is 1. The maximum absolute atomic E-state index is 10.9. The summed E-state index contributed by atoms with van der Waals surface area (Å²) in [5.74, 6) is 1.11. The molecule has 0 saturated heterocycles. The number of nitrogens with two attached hydrogens (primary N) is 1. The summed E-state index contributed by atoms with van der Waals surface area (Å²) in [5, 5.41) is 0. The lowest BCUT2D eigenvalue weighted by Gasteiger charge is -2.16. The number of carbonyl (C=O) groups excluding carboxylic acids is 1. The van der Waals surface area contributed by atoms with Crippen LogP contribution in [0.2, 0.25) is 0 Å². The van der Waals surface area contributed by atoms with Gasteiger partial charge in [-0.2, -0.15) is 0 Å². The smallest absolute Gasteiger partial charge is 0.308 e. The first-order chi connectivity index (χ1) is 8.43. The number of benzene rings is 1. The molecule has 0 heterocycles. The van der Waals surface area contributed by atoms with Crippen LogP contribution in [0.4, 0.5) is 0 Å². The molecule has 4 heteroatoms. The summed E-state index contributed by atoms with van der Waals surface area (Å²) in [7, 11) is 1.54. The Morgan fingerprint density at radius 3 is 2.50 bits per heavy atom. The van der Waals surface area contributed by atoms with Gasteiger partial charge in [0, 0.05) is 13.0 Å². The molecule has 4 nitrogen and oxygen atoms in total.